The maximum absolute atomic E-state index is 12.5. The molecule has 1 aliphatic rings. The van der Waals surface area contributed by atoms with Gasteiger partial charge in [0.1, 0.15) is 5.69 Å². The first kappa shape index (κ1) is 14.5. The monoisotopic (exact) mass is 277 g/mol. The van der Waals surface area contributed by atoms with Crippen LogP contribution in [0.2, 0.25) is 0 Å². The molecule has 0 spiro atoms. The summed E-state index contributed by atoms with van der Waals surface area (Å²) < 4.78 is 0. The van der Waals surface area contributed by atoms with Crippen molar-refractivity contribution in [1.29, 1.82) is 0 Å². The van der Waals surface area contributed by atoms with Gasteiger partial charge in [0, 0.05) is 12.6 Å². The Hall–Kier alpha value is -1.95. The SMILES string of the molecule is CCC1(C(=O)Nc2ccccc2[N+](=O)[O-])CCCNC1. The molecule has 0 saturated carbocycles. The number of amides is 1. The van der Waals surface area contributed by atoms with E-state index in [-0.39, 0.29) is 17.3 Å². The summed E-state index contributed by atoms with van der Waals surface area (Å²) in [4.78, 5) is 23.0. The fourth-order valence-electron chi connectivity index (χ4n) is 2.62. The van der Waals surface area contributed by atoms with Crippen molar-refractivity contribution in [2.24, 2.45) is 5.41 Å². The predicted molar refractivity (Wildman–Crippen MR) is 76.6 cm³/mol. The van der Waals surface area contributed by atoms with Crippen LogP contribution in [0.5, 0.6) is 0 Å². The van der Waals surface area contributed by atoms with Crippen molar-refractivity contribution in [2.45, 2.75) is 26.2 Å². The third-order valence-electron chi connectivity index (χ3n) is 3.98. The number of benzene rings is 1. The largest absolute Gasteiger partial charge is 0.320 e. The molecule has 1 aromatic rings. The third-order valence-corrected chi connectivity index (χ3v) is 3.98. The molecular weight excluding hydrogens is 258 g/mol. The molecule has 1 unspecified atom stereocenters. The van der Waals surface area contributed by atoms with Gasteiger partial charge in [-0.3, -0.25) is 14.9 Å². The summed E-state index contributed by atoms with van der Waals surface area (Å²) in [5.41, 5.74) is -0.279. The Labute approximate surface area is 117 Å². The van der Waals surface area contributed by atoms with Crippen molar-refractivity contribution in [3.63, 3.8) is 0 Å². The van der Waals surface area contributed by atoms with Gasteiger partial charge in [-0.05, 0) is 31.9 Å². The van der Waals surface area contributed by atoms with Gasteiger partial charge in [-0.1, -0.05) is 19.1 Å². The van der Waals surface area contributed by atoms with Gasteiger partial charge in [-0.2, -0.15) is 0 Å². The van der Waals surface area contributed by atoms with E-state index in [2.05, 4.69) is 10.6 Å². The summed E-state index contributed by atoms with van der Waals surface area (Å²) in [7, 11) is 0. The lowest BCUT2D eigenvalue weighted by Crippen LogP contribution is -2.47. The Bertz CT molecular complexity index is 510. The highest BCUT2D eigenvalue weighted by Gasteiger charge is 2.38. The zero-order valence-electron chi connectivity index (χ0n) is 11.5. The normalized spacial score (nSPS) is 22.2. The Morgan fingerprint density at radius 3 is 2.85 bits per heavy atom. The van der Waals surface area contributed by atoms with Crippen molar-refractivity contribution in [3.05, 3.63) is 34.4 Å². The van der Waals surface area contributed by atoms with E-state index in [1.165, 1.54) is 6.07 Å². The molecule has 2 rings (SSSR count). The molecular formula is C14H19N3O3. The van der Waals surface area contributed by atoms with Crippen molar-refractivity contribution < 1.29 is 9.72 Å². The number of rotatable bonds is 4. The lowest BCUT2D eigenvalue weighted by Gasteiger charge is -2.35. The summed E-state index contributed by atoms with van der Waals surface area (Å²) in [5, 5.41) is 16.9. The van der Waals surface area contributed by atoms with E-state index >= 15 is 0 Å². The second kappa shape index (κ2) is 6.00. The molecule has 1 amide bonds. The van der Waals surface area contributed by atoms with E-state index in [1.54, 1.807) is 18.2 Å². The Morgan fingerprint density at radius 1 is 1.50 bits per heavy atom. The number of carbonyl (C=O) groups excluding carboxylic acids is 1. The van der Waals surface area contributed by atoms with E-state index < -0.39 is 10.3 Å². The van der Waals surface area contributed by atoms with Crippen LogP contribution in [0.15, 0.2) is 24.3 Å². The number of nitro benzene ring substituents is 1. The lowest BCUT2D eigenvalue weighted by molar-refractivity contribution is -0.383. The molecule has 20 heavy (non-hydrogen) atoms. The van der Waals surface area contributed by atoms with Gasteiger partial charge in [0.05, 0.1) is 10.3 Å². The molecule has 1 aromatic carbocycles. The summed E-state index contributed by atoms with van der Waals surface area (Å²) >= 11 is 0. The number of piperidine rings is 1. The zero-order chi connectivity index (χ0) is 14.6. The summed E-state index contributed by atoms with van der Waals surface area (Å²) in [6, 6.07) is 6.23. The maximum Gasteiger partial charge on any atom is 0.292 e. The topological polar surface area (TPSA) is 84.3 Å². The molecule has 1 aliphatic heterocycles. The van der Waals surface area contributed by atoms with Crippen LogP contribution in [0.4, 0.5) is 11.4 Å². The van der Waals surface area contributed by atoms with Crippen LogP contribution < -0.4 is 10.6 Å². The minimum atomic E-state index is -0.479. The number of nitro groups is 1. The minimum Gasteiger partial charge on any atom is -0.320 e. The van der Waals surface area contributed by atoms with Crippen LogP contribution in [0.1, 0.15) is 26.2 Å². The van der Waals surface area contributed by atoms with Crippen LogP contribution in [0.25, 0.3) is 0 Å². The number of hydrogen-bond donors (Lipinski definition) is 2. The van der Waals surface area contributed by atoms with E-state index in [4.69, 9.17) is 0 Å². The molecule has 108 valence electrons. The van der Waals surface area contributed by atoms with Crippen molar-refractivity contribution in [3.8, 4) is 0 Å². The number of anilines is 1. The molecule has 0 radical (unpaired) electrons. The second-order valence-corrected chi connectivity index (χ2v) is 5.14. The number of nitrogens with one attached hydrogen (secondary N) is 2. The molecule has 1 atom stereocenters. The molecule has 1 fully saturated rings. The highest BCUT2D eigenvalue weighted by molar-refractivity contribution is 5.97. The van der Waals surface area contributed by atoms with Crippen LogP contribution in [0.3, 0.4) is 0 Å². The van der Waals surface area contributed by atoms with Crippen LogP contribution in [0, 0.1) is 15.5 Å². The highest BCUT2D eigenvalue weighted by atomic mass is 16.6. The van der Waals surface area contributed by atoms with Crippen LogP contribution in [-0.2, 0) is 4.79 Å². The van der Waals surface area contributed by atoms with Crippen LogP contribution in [-0.4, -0.2) is 23.9 Å². The number of hydrogen-bond acceptors (Lipinski definition) is 4. The fraction of sp³-hybridized carbons (Fsp3) is 0.500. The average Bonchev–Trinajstić information content (AvgIpc) is 2.48. The zero-order valence-corrected chi connectivity index (χ0v) is 11.5. The van der Waals surface area contributed by atoms with Gasteiger partial charge in [0.15, 0.2) is 0 Å². The van der Waals surface area contributed by atoms with Gasteiger partial charge in [-0.25, -0.2) is 0 Å². The van der Waals surface area contributed by atoms with Gasteiger partial charge in [-0.15, -0.1) is 0 Å². The van der Waals surface area contributed by atoms with Crippen LogP contribution >= 0.6 is 0 Å². The van der Waals surface area contributed by atoms with Gasteiger partial charge < -0.3 is 10.6 Å². The van der Waals surface area contributed by atoms with Crippen molar-refractivity contribution in [2.75, 3.05) is 18.4 Å². The van der Waals surface area contributed by atoms with Gasteiger partial charge >= 0.3 is 0 Å². The first-order valence-electron chi connectivity index (χ1n) is 6.85. The van der Waals surface area contributed by atoms with Crippen molar-refractivity contribution in [1.82, 2.24) is 5.32 Å². The van der Waals surface area contributed by atoms with Gasteiger partial charge in [0.2, 0.25) is 5.91 Å². The van der Waals surface area contributed by atoms with E-state index in [9.17, 15) is 14.9 Å². The standard InChI is InChI=1S/C14H19N3O3/c1-2-14(8-5-9-15-10-14)13(18)16-11-6-3-4-7-12(11)17(19)20/h3-4,6-7,15H,2,5,8-10H2,1H3,(H,16,18). The smallest absolute Gasteiger partial charge is 0.292 e. The van der Waals surface area contributed by atoms with E-state index in [0.717, 1.165) is 19.4 Å². The number of para-hydroxylation sites is 2. The average molecular weight is 277 g/mol. The Morgan fingerprint density at radius 2 is 2.25 bits per heavy atom. The van der Waals surface area contributed by atoms with Crippen molar-refractivity contribution >= 4 is 17.3 Å². The first-order valence-corrected chi connectivity index (χ1v) is 6.85. The number of nitrogens with zero attached hydrogens (tertiary/aromatic N) is 1. The second-order valence-electron chi connectivity index (χ2n) is 5.14. The lowest BCUT2D eigenvalue weighted by atomic mass is 9.77. The first-order chi connectivity index (χ1) is 9.59. The summed E-state index contributed by atoms with van der Waals surface area (Å²) in [6.45, 7) is 3.52. The molecule has 6 heteroatoms. The molecule has 6 nitrogen and oxygen atoms in total. The summed E-state index contributed by atoms with van der Waals surface area (Å²) in [6.07, 6.45) is 2.47. The highest BCUT2D eigenvalue weighted by Crippen LogP contribution is 2.33. The van der Waals surface area contributed by atoms with E-state index in [1.807, 2.05) is 6.92 Å². The summed E-state index contributed by atoms with van der Waals surface area (Å²) in [5.74, 6) is -0.137. The molecule has 2 N–H and O–H groups in total. The Kier molecular flexibility index (Phi) is 4.34. The quantitative estimate of drug-likeness (QED) is 0.653. The molecule has 1 heterocycles. The Balaban J connectivity index is 2.20. The maximum atomic E-state index is 12.5. The fourth-order valence-corrected chi connectivity index (χ4v) is 2.62. The molecule has 1 saturated heterocycles. The third kappa shape index (κ3) is 2.80. The molecule has 0 bridgehead atoms. The molecule has 0 aromatic heterocycles. The predicted octanol–water partition coefficient (Wildman–Crippen LogP) is 2.31. The molecule has 0 aliphatic carbocycles. The minimum absolute atomic E-state index is 0.0733. The van der Waals surface area contributed by atoms with E-state index in [0.29, 0.717) is 13.0 Å². The van der Waals surface area contributed by atoms with Gasteiger partial charge in [0.25, 0.3) is 5.69 Å². The number of carbonyl (C=O) groups is 1.